The summed E-state index contributed by atoms with van der Waals surface area (Å²) >= 11 is 0. The normalized spacial score (nSPS) is 13.1. The van der Waals surface area contributed by atoms with Crippen LogP contribution in [0, 0.1) is 0 Å². The van der Waals surface area contributed by atoms with Crippen LogP contribution in [0.2, 0.25) is 0 Å². The van der Waals surface area contributed by atoms with E-state index in [0.29, 0.717) is 0 Å². The highest BCUT2D eigenvalue weighted by Gasteiger charge is 2.23. The van der Waals surface area contributed by atoms with Crippen molar-refractivity contribution in [2.24, 2.45) is 0 Å². The third-order valence-electron chi connectivity index (χ3n) is 9.32. The van der Waals surface area contributed by atoms with Gasteiger partial charge in [-0.3, -0.25) is 0 Å². The number of rotatable bonds is 3. The summed E-state index contributed by atoms with van der Waals surface area (Å²) in [5.74, 6) is 0. The summed E-state index contributed by atoms with van der Waals surface area (Å²) in [4.78, 5) is 2.29. The highest BCUT2D eigenvalue weighted by Crippen LogP contribution is 2.44. The van der Waals surface area contributed by atoms with Gasteiger partial charge in [-0.15, -0.1) is 0 Å². The van der Waals surface area contributed by atoms with Gasteiger partial charge in [0.15, 0.2) is 0 Å². The number of anilines is 2. The molecule has 0 amide bonds. The minimum atomic E-state index is 0. The molecule has 1 aliphatic heterocycles. The van der Waals surface area contributed by atoms with Crippen LogP contribution in [0.25, 0.3) is 61.0 Å². The first-order valence-electron chi connectivity index (χ1n) is 15.7. The highest BCUT2D eigenvalue weighted by molar-refractivity contribution is 7.59. The number of fused-ring (bicyclic) bond motifs is 7. The van der Waals surface area contributed by atoms with E-state index < -0.39 is 0 Å². The van der Waals surface area contributed by atoms with E-state index in [4.69, 9.17) is 6.58 Å². The van der Waals surface area contributed by atoms with Crippen LogP contribution in [0.3, 0.4) is 0 Å². The zero-order chi connectivity index (χ0) is 30.6. The van der Waals surface area contributed by atoms with Crippen molar-refractivity contribution in [1.82, 2.24) is 4.57 Å². The lowest BCUT2D eigenvalue weighted by molar-refractivity contribution is 1.18. The quantitative estimate of drug-likeness (QED) is 0.191. The Labute approximate surface area is 281 Å². The van der Waals surface area contributed by atoms with Crippen molar-refractivity contribution in [1.29, 1.82) is 0 Å². The van der Waals surface area contributed by atoms with Crippen molar-refractivity contribution in [2.75, 3.05) is 4.90 Å². The van der Waals surface area contributed by atoms with Gasteiger partial charge in [-0.1, -0.05) is 116 Å². The molecule has 7 aromatic carbocycles. The van der Waals surface area contributed by atoms with Gasteiger partial charge in [-0.05, 0) is 93.2 Å². The SMILES string of the molecule is C=C1c2cccc(-c3ccc4c(c3)c3ccccc3n4-c3ccccc3)c2/C=C\N(c2ccccc2)c2ccc3ccccc3c21.S. The fourth-order valence-corrected chi connectivity index (χ4v) is 7.21. The van der Waals surface area contributed by atoms with E-state index in [9.17, 15) is 0 Å². The third-order valence-corrected chi connectivity index (χ3v) is 9.32. The lowest BCUT2D eigenvalue weighted by atomic mass is 9.85. The maximum atomic E-state index is 4.78. The van der Waals surface area contributed by atoms with E-state index in [-0.39, 0.29) is 13.5 Å². The van der Waals surface area contributed by atoms with Gasteiger partial charge in [0, 0.05) is 33.9 Å². The molecule has 8 aromatic rings. The summed E-state index contributed by atoms with van der Waals surface area (Å²) in [6.07, 6.45) is 4.48. The van der Waals surface area contributed by atoms with E-state index in [0.717, 1.165) is 39.3 Å². The fourth-order valence-electron chi connectivity index (χ4n) is 7.21. The Morgan fingerprint density at radius 2 is 1.15 bits per heavy atom. The second-order valence-corrected chi connectivity index (χ2v) is 11.9. The van der Waals surface area contributed by atoms with Gasteiger partial charge in [0.2, 0.25) is 0 Å². The Bertz CT molecular complexity index is 2490. The smallest absolute Gasteiger partial charge is 0.0541 e. The number of hydrogen-bond donors (Lipinski definition) is 0. The van der Waals surface area contributed by atoms with E-state index in [2.05, 4.69) is 179 Å². The van der Waals surface area contributed by atoms with Gasteiger partial charge in [-0.2, -0.15) is 13.5 Å². The number of benzene rings is 7. The molecule has 0 saturated carbocycles. The molecule has 0 saturated heterocycles. The molecule has 224 valence electrons. The monoisotopic (exact) mass is 620 g/mol. The molecule has 0 radical (unpaired) electrons. The Kier molecular flexibility index (Phi) is 7.05. The molecular weight excluding hydrogens is 589 g/mol. The summed E-state index contributed by atoms with van der Waals surface area (Å²) in [6, 6.07) is 56.5. The standard InChI is InChI=1S/C44H30N2.H2S/c1-30-35-20-12-21-36(32-24-25-42-40(29-32)39-19-10-11-22-41(39)46(42)34-16-6-3-7-17-34)38(35)27-28-45(33-14-4-2-5-15-33)43-26-23-31-13-8-9-18-37(31)44(30)43;/h2-29H,1H2;1H2/b28-27-;. The van der Waals surface area contributed by atoms with Crippen LogP contribution >= 0.6 is 13.5 Å². The molecule has 0 aliphatic carbocycles. The molecule has 47 heavy (non-hydrogen) atoms. The molecule has 0 spiro atoms. The summed E-state index contributed by atoms with van der Waals surface area (Å²) in [5, 5.41) is 4.90. The van der Waals surface area contributed by atoms with Crippen LogP contribution in [0.15, 0.2) is 171 Å². The maximum Gasteiger partial charge on any atom is 0.0541 e. The second kappa shape index (κ2) is 11.5. The fraction of sp³-hybridized carbons (Fsp3) is 0. The lowest BCUT2D eigenvalue weighted by Crippen LogP contribution is -2.13. The molecule has 0 unspecified atom stereocenters. The summed E-state index contributed by atoms with van der Waals surface area (Å²) < 4.78 is 2.37. The summed E-state index contributed by atoms with van der Waals surface area (Å²) in [5.41, 5.74) is 12.7. The summed E-state index contributed by atoms with van der Waals surface area (Å²) in [7, 11) is 0. The molecule has 0 fully saturated rings. The van der Waals surface area contributed by atoms with Gasteiger partial charge < -0.3 is 9.47 Å². The Hall–Kier alpha value is -5.77. The van der Waals surface area contributed by atoms with Crippen LogP contribution in [-0.2, 0) is 0 Å². The zero-order valence-electron chi connectivity index (χ0n) is 25.8. The lowest BCUT2D eigenvalue weighted by Gasteiger charge is -2.29. The van der Waals surface area contributed by atoms with Crippen molar-refractivity contribution >= 4 is 69.1 Å². The highest BCUT2D eigenvalue weighted by atomic mass is 32.1. The van der Waals surface area contributed by atoms with Crippen molar-refractivity contribution in [3.05, 3.63) is 187 Å². The molecule has 0 N–H and O–H groups in total. The molecule has 1 aromatic heterocycles. The third kappa shape index (κ3) is 4.59. The average Bonchev–Trinajstić information content (AvgIpc) is 3.45. The first-order valence-corrected chi connectivity index (χ1v) is 15.7. The number of aromatic nitrogens is 1. The molecule has 0 atom stereocenters. The van der Waals surface area contributed by atoms with Gasteiger partial charge >= 0.3 is 0 Å². The predicted octanol–water partition coefficient (Wildman–Crippen LogP) is 11.9. The molecule has 9 rings (SSSR count). The van der Waals surface area contributed by atoms with Crippen molar-refractivity contribution in [2.45, 2.75) is 0 Å². The molecule has 0 bridgehead atoms. The number of para-hydroxylation sites is 3. The van der Waals surface area contributed by atoms with Gasteiger partial charge in [0.25, 0.3) is 0 Å². The molecule has 2 heterocycles. The van der Waals surface area contributed by atoms with Crippen molar-refractivity contribution < 1.29 is 0 Å². The second-order valence-electron chi connectivity index (χ2n) is 11.9. The van der Waals surface area contributed by atoms with E-state index >= 15 is 0 Å². The summed E-state index contributed by atoms with van der Waals surface area (Å²) in [6.45, 7) is 4.78. The van der Waals surface area contributed by atoms with E-state index in [1.54, 1.807) is 0 Å². The van der Waals surface area contributed by atoms with Crippen molar-refractivity contribution in [3.63, 3.8) is 0 Å². The average molecular weight is 621 g/mol. The van der Waals surface area contributed by atoms with Crippen LogP contribution in [-0.4, -0.2) is 4.57 Å². The minimum Gasteiger partial charge on any atom is -0.317 e. The molecule has 1 aliphatic rings. The van der Waals surface area contributed by atoms with Crippen LogP contribution in [0.4, 0.5) is 11.4 Å². The number of nitrogens with zero attached hydrogens (tertiary/aromatic N) is 2. The topological polar surface area (TPSA) is 8.17 Å². The Morgan fingerprint density at radius 1 is 0.489 bits per heavy atom. The Balaban J connectivity index is 0.00000324. The first kappa shape index (κ1) is 28.7. The maximum absolute atomic E-state index is 4.78. The van der Waals surface area contributed by atoms with Gasteiger partial charge in [0.05, 0.1) is 16.7 Å². The molecular formula is C44H32N2S. The van der Waals surface area contributed by atoms with Crippen LogP contribution in [0.1, 0.15) is 16.7 Å². The number of hydrogen-bond acceptors (Lipinski definition) is 1. The van der Waals surface area contributed by atoms with Crippen LogP contribution in [0.5, 0.6) is 0 Å². The van der Waals surface area contributed by atoms with Crippen LogP contribution < -0.4 is 4.90 Å². The van der Waals surface area contributed by atoms with Crippen molar-refractivity contribution in [3.8, 4) is 16.8 Å². The Morgan fingerprint density at radius 3 is 1.96 bits per heavy atom. The zero-order valence-corrected chi connectivity index (χ0v) is 26.8. The van der Waals surface area contributed by atoms with E-state index in [1.807, 2.05) is 0 Å². The van der Waals surface area contributed by atoms with Gasteiger partial charge in [0.1, 0.15) is 0 Å². The molecule has 3 heteroatoms. The molecule has 2 nitrogen and oxygen atoms in total. The largest absolute Gasteiger partial charge is 0.317 e. The first-order chi connectivity index (χ1) is 22.8. The minimum absolute atomic E-state index is 0. The predicted molar refractivity (Wildman–Crippen MR) is 206 cm³/mol. The van der Waals surface area contributed by atoms with Gasteiger partial charge in [-0.25, -0.2) is 0 Å². The van der Waals surface area contributed by atoms with E-state index in [1.165, 1.54) is 43.7 Å².